The maximum atomic E-state index is 12.3. The molecule has 5 nitrogen and oxygen atoms in total. The Balaban J connectivity index is 1.29. The molecule has 1 saturated carbocycles. The number of aromatic nitrogens is 1. The van der Waals surface area contributed by atoms with Gasteiger partial charge in [-0.25, -0.2) is 0 Å². The fraction of sp³-hybridized carbons (Fsp3) is 0.630. The number of piperidine rings is 1. The molecule has 0 spiro atoms. The number of nitrogens with zero attached hydrogens (tertiary/aromatic N) is 2. The quantitative estimate of drug-likeness (QED) is 0.355. The van der Waals surface area contributed by atoms with Gasteiger partial charge in [-0.1, -0.05) is 24.4 Å². The molecule has 0 unspecified atom stereocenters. The molecule has 1 aromatic carbocycles. The number of likely N-dealkylation sites (tertiary alicyclic amines) is 1. The van der Waals surface area contributed by atoms with Crippen molar-refractivity contribution in [2.75, 3.05) is 32.5 Å². The molecular formula is C27H37ClN2O3S. The number of hydrogen-bond donors (Lipinski definition) is 1. The molecule has 1 aliphatic heterocycles. The number of hydrogen-bond acceptors (Lipinski definition) is 5. The van der Waals surface area contributed by atoms with Gasteiger partial charge in [0, 0.05) is 16.8 Å². The van der Waals surface area contributed by atoms with Crippen LogP contribution < -0.4 is 4.74 Å². The second-order valence-corrected chi connectivity index (χ2v) is 11.7. The highest BCUT2D eigenvalue weighted by molar-refractivity contribution is 7.99. The zero-order valence-corrected chi connectivity index (χ0v) is 21.8. The number of carboxylic acid groups (broad SMARTS) is 1. The minimum atomic E-state index is -0.642. The van der Waals surface area contributed by atoms with Gasteiger partial charge >= 0.3 is 5.97 Å². The molecule has 0 radical (unpaired) electrons. The smallest absolute Gasteiger partial charge is 0.309 e. The third-order valence-electron chi connectivity index (χ3n) is 7.76. The number of ether oxygens (including phenoxy) is 1. The lowest BCUT2D eigenvalue weighted by atomic mass is 9.74. The van der Waals surface area contributed by atoms with E-state index in [4.69, 9.17) is 16.3 Å². The van der Waals surface area contributed by atoms with Gasteiger partial charge in [-0.3, -0.25) is 9.78 Å². The van der Waals surface area contributed by atoms with Crippen LogP contribution in [-0.4, -0.2) is 58.7 Å². The summed E-state index contributed by atoms with van der Waals surface area (Å²) >= 11 is 8.66. The molecule has 34 heavy (non-hydrogen) atoms. The number of halogens is 1. The van der Waals surface area contributed by atoms with Crippen LogP contribution in [0.1, 0.15) is 63.4 Å². The van der Waals surface area contributed by atoms with Crippen LogP contribution in [0.5, 0.6) is 5.75 Å². The van der Waals surface area contributed by atoms with Crippen molar-refractivity contribution in [3.8, 4) is 5.75 Å². The summed E-state index contributed by atoms with van der Waals surface area (Å²) in [4.78, 5) is 19.2. The Bertz CT molecular complexity index is 972. The molecule has 2 fully saturated rings. The van der Waals surface area contributed by atoms with Crippen LogP contribution in [0.3, 0.4) is 0 Å². The van der Waals surface area contributed by atoms with Gasteiger partial charge in [-0.05, 0) is 101 Å². The Kier molecular flexibility index (Phi) is 9.00. The van der Waals surface area contributed by atoms with Crippen LogP contribution in [-0.2, 0) is 11.2 Å². The first-order valence-corrected chi connectivity index (χ1v) is 14.1. The number of rotatable bonds is 11. The topological polar surface area (TPSA) is 62.7 Å². The first-order valence-electron chi connectivity index (χ1n) is 12.7. The molecule has 1 aliphatic carbocycles. The highest BCUT2D eigenvalue weighted by Gasteiger charge is 2.40. The van der Waals surface area contributed by atoms with Crippen molar-refractivity contribution in [2.45, 2.75) is 69.5 Å². The van der Waals surface area contributed by atoms with Crippen LogP contribution in [0.4, 0.5) is 0 Å². The zero-order valence-electron chi connectivity index (χ0n) is 20.2. The lowest BCUT2D eigenvalue weighted by molar-refractivity contribution is -0.152. The van der Waals surface area contributed by atoms with Gasteiger partial charge in [0.05, 0.1) is 23.1 Å². The van der Waals surface area contributed by atoms with E-state index in [1.165, 1.54) is 37.9 Å². The van der Waals surface area contributed by atoms with E-state index in [1.807, 2.05) is 18.2 Å². The summed E-state index contributed by atoms with van der Waals surface area (Å²) in [6.45, 7) is 2.86. The minimum absolute atomic E-state index is 0.623. The van der Waals surface area contributed by atoms with Crippen molar-refractivity contribution >= 4 is 40.2 Å². The second kappa shape index (κ2) is 12.0. The molecule has 1 N–H and O–H groups in total. The van der Waals surface area contributed by atoms with E-state index in [1.54, 1.807) is 13.3 Å². The maximum absolute atomic E-state index is 12.3. The van der Waals surface area contributed by atoms with Gasteiger partial charge in [0.2, 0.25) is 0 Å². The largest absolute Gasteiger partial charge is 0.497 e. The van der Waals surface area contributed by atoms with E-state index in [0.29, 0.717) is 11.4 Å². The fourth-order valence-electron chi connectivity index (χ4n) is 5.56. The van der Waals surface area contributed by atoms with Crippen molar-refractivity contribution in [3.05, 3.63) is 35.0 Å². The summed E-state index contributed by atoms with van der Waals surface area (Å²) in [5.74, 6) is 1.36. The fourth-order valence-corrected chi connectivity index (χ4v) is 7.10. The van der Waals surface area contributed by atoms with E-state index >= 15 is 0 Å². The lowest BCUT2D eigenvalue weighted by Crippen LogP contribution is -2.44. The second-order valence-electron chi connectivity index (χ2n) is 9.88. The van der Waals surface area contributed by atoms with Crippen molar-refractivity contribution in [2.24, 2.45) is 5.41 Å². The maximum Gasteiger partial charge on any atom is 0.309 e. The molecule has 0 bridgehead atoms. The number of methoxy groups -OCH3 is 1. The molecular weight excluding hydrogens is 468 g/mol. The molecule has 186 valence electrons. The Morgan fingerprint density at radius 1 is 1.26 bits per heavy atom. The monoisotopic (exact) mass is 504 g/mol. The third kappa shape index (κ3) is 6.19. The SMILES string of the molecule is COc1ccc2ncc(Cl)c(CCCC3(C(=O)O)CCN(CCCSC4CCCC4)CC3)c2c1. The van der Waals surface area contributed by atoms with Crippen LogP contribution in [0.2, 0.25) is 5.02 Å². The Labute approximate surface area is 212 Å². The highest BCUT2D eigenvalue weighted by atomic mass is 35.5. The molecule has 7 heteroatoms. The molecule has 0 amide bonds. The van der Waals surface area contributed by atoms with E-state index < -0.39 is 11.4 Å². The molecule has 2 aromatic rings. The number of carbonyl (C=O) groups is 1. The van der Waals surface area contributed by atoms with Crippen LogP contribution in [0.25, 0.3) is 10.9 Å². The van der Waals surface area contributed by atoms with Gasteiger partial charge in [0.1, 0.15) is 5.75 Å². The van der Waals surface area contributed by atoms with E-state index in [0.717, 1.165) is 72.8 Å². The molecule has 4 rings (SSSR count). The Morgan fingerprint density at radius 2 is 2.03 bits per heavy atom. The van der Waals surface area contributed by atoms with Crippen LogP contribution in [0.15, 0.2) is 24.4 Å². The van der Waals surface area contributed by atoms with Gasteiger partial charge in [-0.15, -0.1) is 0 Å². The molecule has 1 saturated heterocycles. The number of carboxylic acids is 1. The van der Waals surface area contributed by atoms with E-state index in [9.17, 15) is 9.90 Å². The summed E-state index contributed by atoms with van der Waals surface area (Å²) < 4.78 is 5.38. The molecule has 1 aromatic heterocycles. The summed E-state index contributed by atoms with van der Waals surface area (Å²) in [5, 5.41) is 12.6. The minimum Gasteiger partial charge on any atom is -0.497 e. The summed E-state index contributed by atoms with van der Waals surface area (Å²) in [6, 6.07) is 5.81. The third-order valence-corrected chi connectivity index (χ3v) is 9.55. The van der Waals surface area contributed by atoms with Crippen LogP contribution >= 0.6 is 23.4 Å². The Morgan fingerprint density at radius 3 is 2.74 bits per heavy atom. The summed E-state index contributed by atoms with van der Waals surface area (Å²) in [6.07, 6.45) is 12.2. The van der Waals surface area contributed by atoms with Gasteiger partial charge in [0.25, 0.3) is 0 Å². The summed E-state index contributed by atoms with van der Waals surface area (Å²) in [5.41, 5.74) is 1.29. The summed E-state index contributed by atoms with van der Waals surface area (Å²) in [7, 11) is 1.65. The predicted octanol–water partition coefficient (Wildman–Crippen LogP) is 6.45. The number of fused-ring (bicyclic) bond motifs is 1. The number of pyridine rings is 1. The Hall–Kier alpha value is -1.50. The van der Waals surface area contributed by atoms with Crippen molar-refractivity contribution < 1.29 is 14.6 Å². The number of aliphatic carboxylic acids is 1. The van der Waals surface area contributed by atoms with Crippen LogP contribution in [0, 0.1) is 5.41 Å². The number of thioether (sulfide) groups is 1. The molecule has 2 aliphatic rings. The molecule has 0 atom stereocenters. The molecule has 2 heterocycles. The highest BCUT2D eigenvalue weighted by Crippen LogP contribution is 2.38. The average molecular weight is 505 g/mol. The van der Waals surface area contributed by atoms with E-state index in [2.05, 4.69) is 21.6 Å². The first kappa shape index (κ1) is 25.6. The zero-order chi connectivity index (χ0) is 24.0. The number of benzene rings is 1. The first-order chi connectivity index (χ1) is 16.5. The van der Waals surface area contributed by atoms with E-state index in [-0.39, 0.29) is 0 Å². The van der Waals surface area contributed by atoms with Gasteiger partial charge < -0.3 is 14.7 Å². The van der Waals surface area contributed by atoms with Crippen molar-refractivity contribution in [1.29, 1.82) is 0 Å². The standard InChI is InChI=1S/C27H37ClN2O3S/c1-33-20-9-10-25-23(18-20)22(24(28)19-29-25)8-4-11-27(26(31)32)12-15-30(16-13-27)14-5-17-34-21-6-2-3-7-21/h9-10,18-19,21H,2-8,11-17H2,1H3,(H,31,32). The average Bonchev–Trinajstić information content (AvgIpc) is 3.37. The lowest BCUT2D eigenvalue weighted by Gasteiger charge is -2.39. The van der Waals surface area contributed by atoms with Crippen molar-refractivity contribution in [1.82, 2.24) is 9.88 Å². The normalized spacial score (nSPS) is 19.0. The van der Waals surface area contributed by atoms with Crippen molar-refractivity contribution in [3.63, 3.8) is 0 Å². The van der Waals surface area contributed by atoms with Gasteiger partial charge in [0.15, 0.2) is 0 Å². The number of aryl methyl sites for hydroxylation is 1. The predicted molar refractivity (Wildman–Crippen MR) is 141 cm³/mol. The van der Waals surface area contributed by atoms with Gasteiger partial charge in [-0.2, -0.15) is 11.8 Å².